The van der Waals surface area contributed by atoms with Crippen molar-refractivity contribution in [3.63, 3.8) is 0 Å². The Morgan fingerprint density at radius 3 is 2.33 bits per heavy atom. The van der Waals surface area contributed by atoms with Crippen molar-refractivity contribution in [2.45, 2.75) is 69.3 Å². The van der Waals surface area contributed by atoms with Crippen molar-refractivity contribution in [2.24, 2.45) is 5.14 Å². The lowest BCUT2D eigenvalue weighted by Crippen LogP contribution is -2.61. The predicted octanol–water partition coefficient (Wildman–Crippen LogP) is 1.33. The van der Waals surface area contributed by atoms with Gasteiger partial charge in [-0.1, -0.05) is 0 Å². The highest BCUT2D eigenvalue weighted by Crippen LogP contribution is 2.28. The van der Waals surface area contributed by atoms with Gasteiger partial charge in [-0.3, -0.25) is 0 Å². The molecule has 1 fully saturated rings. The van der Waals surface area contributed by atoms with Crippen LogP contribution in [-0.4, -0.2) is 25.5 Å². The Kier molecular flexibility index (Phi) is 4.23. The van der Waals surface area contributed by atoms with E-state index < -0.39 is 10.0 Å². The van der Waals surface area contributed by atoms with E-state index in [0.29, 0.717) is 18.3 Å². The molecule has 2 rings (SSSR count). The summed E-state index contributed by atoms with van der Waals surface area (Å²) in [5.41, 5.74) is 0.128. The highest BCUT2D eigenvalue weighted by molar-refractivity contribution is 7.89. The van der Waals surface area contributed by atoms with E-state index in [-0.39, 0.29) is 16.2 Å². The minimum atomic E-state index is -3.77. The van der Waals surface area contributed by atoms with E-state index in [2.05, 4.69) is 38.3 Å². The number of furan rings is 1. The lowest BCUT2D eigenvalue weighted by Gasteiger charge is -2.46. The third-order valence-corrected chi connectivity index (χ3v) is 4.45. The van der Waals surface area contributed by atoms with Crippen LogP contribution in [0.4, 0.5) is 0 Å². The largest absolute Gasteiger partial charge is 0.447 e. The highest BCUT2D eigenvalue weighted by atomic mass is 32.2. The number of sulfonamides is 1. The van der Waals surface area contributed by atoms with Gasteiger partial charge in [-0.25, -0.2) is 13.6 Å². The minimum absolute atomic E-state index is 0.0638. The molecule has 0 spiro atoms. The Morgan fingerprint density at radius 2 is 1.86 bits per heavy atom. The molecular weight excluding hydrogens is 290 g/mol. The zero-order chi connectivity index (χ0) is 15.9. The second-order valence-corrected chi connectivity index (χ2v) is 8.64. The molecule has 1 saturated heterocycles. The zero-order valence-electron chi connectivity index (χ0n) is 13.1. The van der Waals surface area contributed by atoms with Crippen molar-refractivity contribution in [1.29, 1.82) is 0 Å². The number of nitrogens with two attached hydrogens (primary N) is 1. The van der Waals surface area contributed by atoms with Crippen molar-refractivity contribution < 1.29 is 12.8 Å². The van der Waals surface area contributed by atoms with Gasteiger partial charge < -0.3 is 15.1 Å². The number of hydrogen-bond acceptors (Lipinski definition) is 5. The number of piperidine rings is 1. The van der Waals surface area contributed by atoms with Crippen LogP contribution < -0.4 is 15.8 Å². The van der Waals surface area contributed by atoms with E-state index in [4.69, 9.17) is 9.56 Å². The van der Waals surface area contributed by atoms with Crippen molar-refractivity contribution in [2.75, 3.05) is 0 Å². The number of rotatable bonds is 4. The Balaban J connectivity index is 1.98. The maximum atomic E-state index is 11.2. The van der Waals surface area contributed by atoms with Gasteiger partial charge in [-0.15, -0.1) is 0 Å². The van der Waals surface area contributed by atoms with Gasteiger partial charge in [-0.2, -0.15) is 0 Å². The third kappa shape index (κ3) is 4.54. The molecule has 4 N–H and O–H groups in total. The standard InChI is InChI=1S/C14H25N3O3S/c1-13(2)7-10(8-14(3,4)17-13)16-9-11-5-6-12(20-11)21(15,18)19/h5-6,10,16-17H,7-9H2,1-4H3,(H2,15,18,19). The van der Waals surface area contributed by atoms with Crippen LogP contribution in [0.5, 0.6) is 0 Å². The van der Waals surface area contributed by atoms with Crippen LogP contribution in [0.15, 0.2) is 21.6 Å². The van der Waals surface area contributed by atoms with Gasteiger partial charge in [0, 0.05) is 17.1 Å². The van der Waals surface area contributed by atoms with Crippen LogP contribution >= 0.6 is 0 Å². The molecule has 0 aliphatic carbocycles. The fourth-order valence-corrected chi connectivity index (χ4v) is 3.80. The van der Waals surface area contributed by atoms with Gasteiger partial charge in [0.25, 0.3) is 10.0 Å². The molecule has 0 saturated carbocycles. The van der Waals surface area contributed by atoms with E-state index in [9.17, 15) is 8.42 Å². The van der Waals surface area contributed by atoms with E-state index in [0.717, 1.165) is 12.8 Å². The second kappa shape index (κ2) is 5.39. The summed E-state index contributed by atoms with van der Waals surface area (Å²) in [6.45, 7) is 9.25. The quantitative estimate of drug-likeness (QED) is 0.778. The fraction of sp³-hybridized carbons (Fsp3) is 0.714. The van der Waals surface area contributed by atoms with Crippen molar-refractivity contribution in [1.82, 2.24) is 10.6 Å². The van der Waals surface area contributed by atoms with E-state index in [1.807, 2.05) is 0 Å². The fourth-order valence-electron chi connectivity index (χ4n) is 3.32. The lowest BCUT2D eigenvalue weighted by molar-refractivity contribution is 0.144. The maximum absolute atomic E-state index is 11.2. The van der Waals surface area contributed by atoms with Gasteiger partial charge in [-0.05, 0) is 52.7 Å². The molecule has 6 nitrogen and oxygen atoms in total. The average Bonchev–Trinajstić information content (AvgIpc) is 2.69. The summed E-state index contributed by atoms with van der Waals surface area (Å²) >= 11 is 0. The Bertz CT molecular complexity index is 589. The molecule has 1 aromatic heterocycles. The third-order valence-electron chi connectivity index (χ3n) is 3.67. The molecule has 1 aliphatic heterocycles. The molecule has 120 valence electrons. The van der Waals surface area contributed by atoms with Crippen LogP contribution in [0, 0.1) is 0 Å². The van der Waals surface area contributed by atoms with E-state index >= 15 is 0 Å². The molecule has 0 unspecified atom stereocenters. The van der Waals surface area contributed by atoms with Crippen molar-refractivity contribution in [3.8, 4) is 0 Å². The zero-order valence-corrected chi connectivity index (χ0v) is 13.9. The second-order valence-electron chi connectivity index (χ2n) is 7.14. The van der Waals surface area contributed by atoms with Gasteiger partial charge in [0.1, 0.15) is 5.76 Å². The van der Waals surface area contributed by atoms with E-state index in [1.165, 1.54) is 6.07 Å². The van der Waals surface area contributed by atoms with Crippen LogP contribution in [0.2, 0.25) is 0 Å². The molecule has 21 heavy (non-hydrogen) atoms. The topological polar surface area (TPSA) is 97.4 Å². The number of primary sulfonamides is 1. The summed E-state index contributed by atoms with van der Waals surface area (Å²) in [5, 5.41) is 11.9. The normalized spacial score (nSPS) is 22.3. The first-order valence-corrected chi connectivity index (χ1v) is 8.66. The summed E-state index contributed by atoms with van der Waals surface area (Å²) in [6, 6.07) is 3.38. The Morgan fingerprint density at radius 1 is 1.29 bits per heavy atom. The van der Waals surface area contributed by atoms with Gasteiger partial charge in [0.15, 0.2) is 0 Å². The minimum Gasteiger partial charge on any atom is -0.447 e. The molecular formula is C14H25N3O3S. The van der Waals surface area contributed by atoms with Gasteiger partial charge >= 0.3 is 0 Å². The first kappa shape index (κ1) is 16.5. The molecule has 0 amide bonds. The summed E-state index contributed by atoms with van der Waals surface area (Å²) in [4.78, 5) is 0. The van der Waals surface area contributed by atoms with Crippen LogP contribution in [-0.2, 0) is 16.6 Å². The lowest BCUT2D eigenvalue weighted by atomic mass is 9.79. The molecule has 7 heteroatoms. The summed E-state index contributed by atoms with van der Waals surface area (Å²) in [5.74, 6) is 0.577. The van der Waals surface area contributed by atoms with Crippen LogP contribution in [0.25, 0.3) is 0 Å². The smallest absolute Gasteiger partial charge is 0.271 e. The van der Waals surface area contributed by atoms with E-state index in [1.54, 1.807) is 6.07 Å². The molecule has 0 atom stereocenters. The number of hydrogen-bond donors (Lipinski definition) is 3. The molecule has 1 aromatic rings. The summed E-state index contributed by atoms with van der Waals surface area (Å²) < 4.78 is 27.6. The molecule has 0 radical (unpaired) electrons. The predicted molar refractivity (Wildman–Crippen MR) is 81.2 cm³/mol. The first-order valence-electron chi connectivity index (χ1n) is 7.11. The SMILES string of the molecule is CC1(C)CC(NCc2ccc(S(N)(=O)=O)o2)CC(C)(C)N1. The number of nitrogens with one attached hydrogen (secondary N) is 2. The van der Waals surface area contributed by atoms with Crippen molar-refractivity contribution in [3.05, 3.63) is 17.9 Å². The van der Waals surface area contributed by atoms with Gasteiger partial charge in [0.2, 0.25) is 5.09 Å². The Hall–Kier alpha value is -0.890. The Labute approximate surface area is 126 Å². The highest BCUT2D eigenvalue weighted by Gasteiger charge is 2.37. The first-order chi connectivity index (χ1) is 9.47. The van der Waals surface area contributed by atoms with Crippen molar-refractivity contribution >= 4 is 10.0 Å². The van der Waals surface area contributed by atoms with Crippen LogP contribution in [0.1, 0.15) is 46.3 Å². The maximum Gasteiger partial charge on any atom is 0.271 e. The molecule has 0 aromatic carbocycles. The monoisotopic (exact) mass is 315 g/mol. The van der Waals surface area contributed by atoms with Crippen LogP contribution in [0.3, 0.4) is 0 Å². The molecule has 0 bridgehead atoms. The molecule has 2 heterocycles. The van der Waals surface area contributed by atoms with Gasteiger partial charge in [0.05, 0.1) is 6.54 Å². The average molecular weight is 315 g/mol. The summed E-state index contributed by atoms with van der Waals surface area (Å²) in [7, 11) is -3.77. The molecule has 1 aliphatic rings. The summed E-state index contributed by atoms with van der Waals surface area (Å²) in [6.07, 6.45) is 2.00.